The van der Waals surface area contributed by atoms with E-state index < -0.39 is 0 Å². The summed E-state index contributed by atoms with van der Waals surface area (Å²) in [6.45, 7) is 5.72. The molecule has 0 spiro atoms. The lowest BCUT2D eigenvalue weighted by molar-refractivity contribution is 0.0939. The summed E-state index contributed by atoms with van der Waals surface area (Å²) in [4.78, 5) is 17.0. The molecular weight excluding hydrogens is 487 g/mol. The molecule has 0 bridgehead atoms. The Hall–Kier alpha value is -2.87. The number of aromatic nitrogens is 1. The van der Waals surface area contributed by atoms with Crippen molar-refractivity contribution in [2.45, 2.75) is 6.61 Å². The quantitative estimate of drug-likeness (QED) is 0.461. The minimum atomic E-state index is -0.0248. The molecule has 1 aliphatic rings. The third-order valence-corrected chi connectivity index (χ3v) is 6.00. The Bertz CT molecular complexity index is 1070. The number of piperazine rings is 1. The molecule has 3 aromatic rings. The van der Waals surface area contributed by atoms with E-state index in [1.54, 1.807) is 7.11 Å². The summed E-state index contributed by atoms with van der Waals surface area (Å²) in [6.07, 6.45) is 1.88. The van der Waals surface area contributed by atoms with E-state index in [2.05, 4.69) is 27.2 Å². The summed E-state index contributed by atoms with van der Waals surface area (Å²) in [5.41, 5.74) is 2.88. The van der Waals surface area contributed by atoms with Crippen LogP contribution in [0.5, 0.6) is 11.5 Å². The van der Waals surface area contributed by atoms with E-state index in [1.165, 1.54) is 0 Å². The first kappa shape index (κ1) is 28.4. The largest absolute Gasteiger partial charge is 0.497 e. The Morgan fingerprint density at radius 1 is 0.971 bits per heavy atom. The molecule has 1 saturated heterocycles. The van der Waals surface area contributed by atoms with E-state index in [-0.39, 0.29) is 30.7 Å². The molecule has 0 radical (unpaired) electrons. The zero-order chi connectivity index (χ0) is 23.0. The third kappa shape index (κ3) is 7.56. The molecule has 4 rings (SSSR count). The number of ether oxygens (including phenoxy) is 2. The first-order chi connectivity index (χ1) is 16.1. The average Bonchev–Trinajstić information content (AvgIpc) is 3.29. The fourth-order valence-electron chi connectivity index (χ4n) is 4.09. The first-order valence-corrected chi connectivity index (χ1v) is 11.4. The van der Waals surface area contributed by atoms with Gasteiger partial charge in [-0.1, -0.05) is 24.3 Å². The number of aryl methyl sites for hydroxylation is 1. The van der Waals surface area contributed by atoms with E-state index in [1.807, 2.05) is 66.3 Å². The minimum absolute atomic E-state index is 0. The number of nitrogens with zero attached hydrogens (tertiary/aromatic N) is 3. The van der Waals surface area contributed by atoms with Gasteiger partial charge in [0.25, 0.3) is 5.91 Å². The maximum atomic E-state index is 12.3. The van der Waals surface area contributed by atoms with Gasteiger partial charge in [0.1, 0.15) is 23.8 Å². The summed E-state index contributed by atoms with van der Waals surface area (Å²) in [6, 6.07) is 19.9. The van der Waals surface area contributed by atoms with Gasteiger partial charge < -0.3 is 24.3 Å². The molecule has 35 heavy (non-hydrogen) atoms. The second kappa shape index (κ2) is 13.9. The molecule has 0 saturated carbocycles. The molecule has 1 amide bonds. The van der Waals surface area contributed by atoms with Gasteiger partial charge in [-0.15, -0.1) is 24.8 Å². The van der Waals surface area contributed by atoms with Crippen molar-refractivity contribution in [3.63, 3.8) is 0 Å². The highest BCUT2D eigenvalue weighted by atomic mass is 35.5. The molecular formula is C26H34Cl2N4O3. The number of carbonyl (C=O) groups is 1. The van der Waals surface area contributed by atoms with Gasteiger partial charge in [-0.2, -0.15) is 0 Å². The first-order valence-electron chi connectivity index (χ1n) is 11.4. The normalized spacial score (nSPS) is 13.4. The number of hydrogen-bond donors (Lipinski definition) is 1. The maximum absolute atomic E-state index is 12.3. The highest BCUT2D eigenvalue weighted by molar-refractivity contribution is 5.92. The Kier molecular flexibility index (Phi) is 11.2. The Morgan fingerprint density at radius 3 is 2.46 bits per heavy atom. The summed E-state index contributed by atoms with van der Waals surface area (Å²) < 4.78 is 13.3. The minimum Gasteiger partial charge on any atom is -0.497 e. The van der Waals surface area contributed by atoms with Gasteiger partial charge in [0.05, 0.1) is 12.8 Å². The van der Waals surface area contributed by atoms with Crippen molar-refractivity contribution in [3.05, 3.63) is 78.1 Å². The SMILES string of the molecule is COc1cccc(COc2ccccc2N2CCN(CCNC(=O)c3cccn3C)CC2)c1.Cl.Cl. The summed E-state index contributed by atoms with van der Waals surface area (Å²) >= 11 is 0. The second-order valence-electron chi connectivity index (χ2n) is 8.20. The van der Waals surface area contributed by atoms with Crippen molar-refractivity contribution in [1.29, 1.82) is 0 Å². The monoisotopic (exact) mass is 520 g/mol. The predicted molar refractivity (Wildman–Crippen MR) is 145 cm³/mol. The van der Waals surface area contributed by atoms with E-state index in [0.717, 1.165) is 55.5 Å². The van der Waals surface area contributed by atoms with Gasteiger partial charge in [0, 0.05) is 52.5 Å². The van der Waals surface area contributed by atoms with Crippen molar-refractivity contribution in [2.24, 2.45) is 7.05 Å². The Morgan fingerprint density at radius 2 is 1.74 bits per heavy atom. The molecule has 190 valence electrons. The molecule has 2 aromatic carbocycles. The lowest BCUT2D eigenvalue weighted by Gasteiger charge is -2.36. The van der Waals surface area contributed by atoms with E-state index in [0.29, 0.717) is 18.8 Å². The van der Waals surface area contributed by atoms with Crippen LogP contribution in [0.1, 0.15) is 16.1 Å². The summed E-state index contributed by atoms with van der Waals surface area (Å²) in [5.74, 6) is 1.70. The highest BCUT2D eigenvalue weighted by Crippen LogP contribution is 2.29. The van der Waals surface area contributed by atoms with Crippen LogP contribution in [0.4, 0.5) is 5.69 Å². The molecule has 1 N–H and O–H groups in total. The molecule has 9 heteroatoms. The van der Waals surface area contributed by atoms with Gasteiger partial charge in [0.2, 0.25) is 0 Å². The van der Waals surface area contributed by atoms with Gasteiger partial charge >= 0.3 is 0 Å². The van der Waals surface area contributed by atoms with Crippen LogP contribution in [0.25, 0.3) is 0 Å². The zero-order valence-electron chi connectivity index (χ0n) is 20.2. The van der Waals surface area contributed by atoms with Gasteiger partial charge in [-0.25, -0.2) is 0 Å². The number of nitrogens with one attached hydrogen (secondary N) is 1. The number of halogens is 2. The molecule has 7 nitrogen and oxygen atoms in total. The number of methoxy groups -OCH3 is 1. The van der Waals surface area contributed by atoms with Crippen LogP contribution in [0.2, 0.25) is 0 Å². The van der Waals surface area contributed by atoms with Crippen LogP contribution in [-0.4, -0.2) is 61.8 Å². The number of benzene rings is 2. The van der Waals surface area contributed by atoms with Crippen LogP contribution in [-0.2, 0) is 13.7 Å². The van der Waals surface area contributed by atoms with Gasteiger partial charge in [-0.05, 0) is 42.0 Å². The van der Waals surface area contributed by atoms with Crippen molar-refractivity contribution in [2.75, 3.05) is 51.3 Å². The summed E-state index contributed by atoms with van der Waals surface area (Å²) in [5, 5.41) is 3.02. The lowest BCUT2D eigenvalue weighted by Crippen LogP contribution is -2.48. The fourth-order valence-corrected chi connectivity index (χ4v) is 4.09. The number of amides is 1. The van der Waals surface area contributed by atoms with Crippen LogP contribution in [0.3, 0.4) is 0 Å². The van der Waals surface area contributed by atoms with E-state index in [4.69, 9.17) is 9.47 Å². The van der Waals surface area contributed by atoms with Crippen LogP contribution in [0.15, 0.2) is 66.9 Å². The number of para-hydroxylation sites is 2. The topological polar surface area (TPSA) is 59.0 Å². The highest BCUT2D eigenvalue weighted by Gasteiger charge is 2.20. The fraction of sp³-hybridized carbons (Fsp3) is 0.346. The zero-order valence-corrected chi connectivity index (χ0v) is 21.8. The Balaban J connectivity index is 0.00000216. The average molecular weight is 521 g/mol. The van der Waals surface area contributed by atoms with Crippen LogP contribution in [0, 0.1) is 0 Å². The maximum Gasteiger partial charge on any atom is 0.267 e. The van der Waals surface area contributed by atoms with Gasteiger partial charge in [-0.3, -0.25) is 9.69 Å². The Labute approximate surface area is 219 Å². The predicted octanol–water partition coefficient (Wildman–Crippen LogP) is 4.01. The molecule has 2 heterocycles. The number of hydrogen-bond acceptors (Lipinski definition) is 5. The van der Waals surface area contributed by atoms with Crippen molar-refractivity contribution >= 4 is 36.4 Å². The van der Waals surface area contributed by atoms with Crippen molar-refractivity contribution in [3.8, 4) is 11.5 Å². The van der Waals surface area contributed by atoms with Gasteiger partial charge in [0.15, 0.2) is 0 Å². The number of anilines is 1. The van der Waals surface area contributed by atoms with E-state index in [9.17, 15) is 4.79 Å². The smallest absolute Gasteiger partial charge is 0.267 e. The third-order valence-electron chi connectivity index (χ3n) is 6.00. The van der Waals surface area contributed by atoms with Crippen molar-refractivity contribution in [1.82, 2.24) is 14.8 Å². The second-order valence-corrected chi connectivity index (χ2v) is 8.20. The molecule has 1 aromatic heterocycles. The molecule has 1 fully saturated rings. The molecule has 1 aliphatic heterocycles. The molecule has 0 aliphatic carbocycles. The lowest BCUT2D eigenvalue weighted by atomic mass is 10.2. The van der Waals surface area contributed by atoms with Crippen LogP contribution >= 0.6 is 24.8 Å². The standard InChI is InChI=1S/C26H32N4O3.2ClH/c1-28-13-6-10-24(28)26(31)27-12-14-29-15-17-30(18-16-29)23-9-3-4-11-25(23)33-20-21-7-5-8-22(19-21)32-2;;/h3-11,13,19H,12,14-18,20H2,1-2H3,(H,27,31);2*1H. The van der Waals surface area contributed by atoms with Crippen LogP contribution < -0.4 is 19.7 Å². The number of rotatable bonds is 9. The number of carbonyl (C=O) groups excluding carboxylic acids is 1. The molecule has 0 unspecified atom stereocenters. The van der Waals surface area contributed by atoms with Crippen molar-refractivity contribution < 1.29 is 14.3 Å². The molecule has 0 atom stereocenters. The summed E-state index contributed by atoms with van der Waals surface area (Å²) in [7, 11) is 3.55. The van der Waals surface area contributed by atoms with E-state index >= 15 is 0 Å².